The summed E-state index contributed by atoms with van der Waals surface area (Å²) in [6, 6.07) is 5.54. The summed E-state index contributed by atoms with van der Waals surface area (Å²) in [5, 5.41) is 11.8. The fraction of sp³-hybridized carbons (Fsp3) is 0.455. The number of rotatable bonds is 5. The second-order valence-electron chi connectivity index (χ2n) is 3.39. The van der Waals surface area contributed by atoms with Crippen molar-refractivity contribution in [3.63, 3.8) is 0 Å². The third kappa shape index (κ3) is 4.43. The van der Waals surface area contributed by atoms with Crippen molar-refractivity contribution in [2.45, 2.75) is 20.0 Å². The quantitative estimate of drug-likeness (QED) is 0.744. The second kappa shape index (κ2) is 5.99. The number of anilines is 1. The number of ether oxygens (including phenoxy) is 1. The van der Waals surface area contributed by atoms with Crippen LogP contribution >= 0.6 is 0 Å². The molecule has 0 aliphatic heterocycles. The van der Waals surface area contributed by atoms with Crippen molar-refractivity contribution in [1.29, 1.82) is 5.26 Å². The van der Waals surface area contributed by atoms with Gasteiger partial charge < -0.3 is 10.1 Å². The summed E-state index contributed by atoms with van der Waals surface area (Å²) < 4.78 is 5.38. The van der Waals surface area contributed by atoms with Crippen LogP contribution in [0.3, 0.4) is 0 Å². The van der Waals surface area contributed by atoms with Crippen LogP contribution < -0.4 is 5.32 Å². The van der Waals surface area contributed by atoms with E-state index in [9.17, 15) is 0 Å². The van der Waals surface area contributed by atoms with E-state index in [0.717, 1.165) is 12.2 Å². The molecule has 1 rings (SSSR count). The van der Waals surface area contributed by atoms with E-state index in [1.807, 2.05) is 26.0 Å². The summed E-state index contributed by atoms with van der Waals surface area (Å²) in [6.07, 6.45) is 1.86. The maximum atomic E-state index is 8.64. The zero-order valence-corrected chi connectivity index (χ0v) is 9.03. The Balaban J connectivity index is 2.35. The van der Waals surface area contributed by atoms with Gasteiger partial charge in [0.1, 0.15) is 11.8 Å². The number of pyridine rings is 1. The Morgan fingerprint density at radius 2 is 2.40 bits per heavy atom. The van der Waals surface area contributed by atoms with Gasteiger partial charge in [0.2, 0.25) is 0 Å². The number of aromatic nitrogens is 1. The van der Waals surface area contributed by atoms with Crippen molar-refractivity contribution in [2.24, 2.45) is 0 Å². The Bertz CT molecular complexity index is 344. The van der Waals surface area contributed by atoms with Crippen LogP contribution in [0.25, 0.3) is 0 Å². The van der Waals surface area contributed by atoms with E-state index in [-0.39, 0.29) is 6.10 Å². The summed E-state index contributed by atoms with van der Waals surface area (Å²) in [5.74, 6) is 0. The Morgan fingerprint density at radius 3 is 3.07 bits per heavy atom. The SMILES string of the molecule is CC(C)OCCNc1ccnc(C#N)c1. The number of hydrogen-bond donors (Lipinski definition) is 1. The molecule has 1 aromatic heterocycles. The Kier molecular flexibility index (Phi) is 4.58. The highest BCUT2D eigenvalue weighted by Gasteiger charge is 1.96. The lowest BCUT2D eigenvalue weighted by molar-refractivity contribution is 0.0870. The summed E-state index contributed by atoms with van der Waals surface area (Å²) in [4.78, 5) is 3.88. The van der Waals surface area contributed by atoms with E-state index in [1.165, 1.54) is 0 Å². The van der Waals surface area contributed by atoms with Crippen LogP contribution in [-0.2, 0) is 4.74 Å². The van der Waals surface area contributed by atoms with Crippen molar-refractivity contribution in [1.82, 2.24) is 4.98 Å². The van der Waals surface area contributed by atoms with Gasteiger partial charge in [-0.15, -0.1) is 0 Å². The first-order valence-electron chi connectivity index (χ1n) is 4.94. The summed E-state index contributed by atoms with van der Waals surface area (Å²) in [7, 11) is 0. The summed E-state index contributed by atoms with van der Waals surface area (Å²) >= 11 is 0. The van der Waals surface area contributed by atoms with Gasteiger partial charge in [0, 0.05) is 18.4 Å². The predicted molar refractivity (Wildman–Crippen MR) is 58.5 cm³/mol. The maximum Gasteiger partial charge on any atom is 0.142 e. The molecule has 1 aromatic rings. The standard InChI is InChI=1S/C11H15N3O/c1-9(2)15-6-5-14-10-3-4-13-11(7-10)8-12/h3-4,7,9H,5-6H2,1-2H3,(H,13,14). The molecule has 0 aliphatic carbocycles. The molecule has 0 atom stereocenters. The molecule has 1 N–H and O–H groups in total. The molecule has 0 radical (unpaired) electrons. The number of nitrogens with zero attached hydrogens (tertiary/aromatic N) is 2. The molecule has 0 amide bonds. The van der Waals surface area contributed by atoms with E-state index in [1.54, 1.807) is 12.3 Å². The van der Waals surface area contributed by atoms with Gasteiger partial charge in [0.25, 0.3) is 0 Å². The largest absolute Gasteiger partial charge is 0.383 e. The molecule has 0 aliphatic rings. The number of hydrogen-bond acceptors (Lipinski definition) is 4. The highest BCUT2D eigenvalue weighted by Crippen LogP contribution is 2.06. The smallest absolute Gasteiger partial charge is 0.142 e. The van der Waals surface area contributed by atoms with Gasteiger partial charge in [-0.2, -0.15) is 5.26 Å². The van der Waals surface area contributed by atoms with Gasteiger partial charge in [-0.1, -0.05) is 0 Å². The van der Waals surface area contributed by atoms with E-state index < -0.39 is 0 Å². The van der Waals surface area contributed by atoms with Crippen LogP contribution in [0.2, 0.25) is 0 Å². The molecule has 4 heteroatoms. The van der Waals surface area contributed by atoms with E-state index in [2.05, 4.69) is 10.3 Å². The summed E-state index contributed by atoms with van der Waals surface area (Å²) in [6.45, 7) is 5.38. The molecule has 4 nitrogen and oxygen atoms in total. The third-order valence-corrected chi connectivity index (χ3v) is 1.76. The molecule has 15 heavy (non-hydrogen) atoms. The van der Waals surface area contributed by atoms with Gasteiger partial charge >= 0.3 is 0 Å². The topological polar surface area (TPSA) is 57.9 Å². The van der Waals surface area contributed by atoms with Crippen molar-refractivity contribution < 1.29 is 4.74 Å². The molecule has 0 aromatic carbocycles. The fourth-order valence-electron chi connectivity index (χ4n) is 1.09. The van der Waals surface area contributed by atoms with Crippen molar-refractivity contribution in [3.05, 3.63) is 24.0 Å². The minimum atomic E-state index is 0.249. The zero-order valence-electron chi connectivity index (χ0n) is 9.03. The highest BCUT2D eigenvalue weighted by molar-refractivity contribution is 5.45. The predicted octanol–water partition coefficient (Wildman–Crippen LogP) is 1.79. The normalized spacial score (nSPS) is 10.0. The molecule has 0 bridgehead atoms. The molecule has 80 valence electrons. The number of nitrogens with one attached hydrogen (secondary N) is 1. The lowest BCUT2D eigenvalue weighted by atomic mass is 10.3. The zero-order chi connectivity index (χ0) is 11.1. The lowest BCUT2D eigenvalue weighted by Gasteiger charge is -2.09. The number of nitriles is 1. The molecule has 0 fully saturated rings. The maximum absolute atomic E-state index is 8.64. The second-order valence-corrected chi connectivity index (χ2v) is 3.39. The van der Waals surface area contributed by atoms with Gasteiger partial charge in [0.05, 0.1) is 12.7 Å². The molecule has 0 saturated carbocycles. The fourth-order valence-corrected chi connectivity index (χ4v) is 1.09. The molecular weight excluding hydrogens is 190 g/mol. The van der Waals surface area contributed by atoms with Crippen LogP contribution in [0.15, 0.2) is 18.3 Å². The van der Waals surface area contributed by atoms with Gasteiger partial charge in [-0.05, 0) is 26.0 Å². The first-order valence-corrected chi connectivity index (χ1v) is 4.94. The molecule has 0 spiro atoms. The van der Waals surface area contributed by atoms with Gasteiger partial charge in [-0.25, -0.2) is 4.98 Å². The first kappa shape index (κ1) is 11.5. The van der Waals surface area contributed by atoms with Gasteiger partial charge in [0.15, 0.2) is 0 Å². The highest BCUT2D eigenvalue weighted by atomic mass is 16.5. The van der Waals surface area contributed by atoms with E-state index in [0.29, 0.717) is 12.3 Å². The van der Waals surface area contributed by atoms with Crippen LogP contribution in [-0.4, -0.2) is 24.2 Å². The van der Waals surface area contributed by atoms with Crippen LogP contribution in [0.5, 0.6) is 0 Å². The van der Waals surface area contributed by atoms with Crippen molar-refractivity contribution >= 4 is 5.69 Å². The minimum Gasteiger partial charge on any atom is -0.383 e. The van der Waals surface area contributed by atoms with E-state index in [4.69, 9.17) is 10.00 Å². The molecular formula is C11H15N3O. The van der Waals surface area contributed by atoms with E-state index >= 15 is 0 Å². The molecule has 1 heterocycles. The summed E-state index contributed by atoms with van der Waals surface area (Å²) in [5.41, 5.74) is 1.32. The minimum absolute atomic E-state index is 0.249. The monoisotopic (exact) mass is 205 g/mol. The Labute approximate surface area is 89.9 Å². The van der Waals surface area contributed by atoms with Crippen LogP contribution in [0.1, 0.15) is 19.5 Å². The third-order valence-electron chi connectivity index (χ3n) is 1.76. The van der Waals surface area contributed by atoms with Crippen LogP contribution in [0, 0.1) is 11.3 Å². The molecule has 0 unspecified atom stereocenters. The van der Waals surface area contributed by atoms with Gasteiger partial charge in [-0.3, -0.25) is 0 Å². The lowest BCUT2D eigenvalue weighted by Crippen LogP contribution is -2.13. The molecule has 0 saturated heterocycles. The Hall–Kier alpha value is -1.60. The van der Waals surface area contributed by atoms with Crippen molar-refractivity contribution in [3.8, 4) is 6.07 Å². The Morgan fingerprint density at radius 1 is 1.60 bits per heavy atom. The average Bonchev–Trinajstić information content (AvgIpc) is 2.24. The average molecular weight is 205 g/mol. The van der Waals surface area contributed by atoms with Crippen molar-refractivity contribution in [2.75, 3.05) is 18.5 Å². The van der Waals surface area contributed by atoms with Crippen LogP contribution in [0.4, 0.5) is 5.69 Å². The first-order chi connectivity index (χ1) is 7.22.